The van der Waals surface area contributed by atoms with Gasteiger partial charge in [-0.25, -0.2) is 8.42 Å². The smallest absolute Gasteiger partial charge is 0.241 e. The van der Waals surface area contributed by atoms with Crippen LogP contribution < -0.4 is 0 Å². The van der Waals surface area contributed by atoms with Crippen molar-refractivity contribution in [3.8, 4) is 0 Å². The molecule has 0 saturated carbocycles. The summed E-state index contributed by atoms with van der Waals surface area (Å²) in [4.78, 5) is 14.2. The molecule has 2 aliphatic heterocycles. The van der Waals surface area contributed by atoms with Crippen molar-refractivity contribution in [1.29, 1.82) is 0 Å². The van der Waals surface area contributed by atoms with Crippen molar-refractivity contribution in [2.45, 2.75) is 38.6 Å². The molecule has 20 heavy (non-hydrogen) atoms. The van der Waals surface area contributed by atoms with E-state index < -0.39 is 16.1 Å². The first kappa shape index (κ1) is 15.7. The quantitative estimate of drug-likeness (QED) is 0.739. The summed E-state index contributed by atoms with van der Waals surface area (Å²) in [6.07, 6.45) is 2.90. The van der Waals surface area contributed by atoms with Gasteiger partial charge in [-0.15, -0.1) is 0 Å². The molecule has 2 rings (SSSR count). The molecule has 0 unspecified atom stereocenters. The van der Waals surface area contributed by atoms with Crippen LogP contribution in [0.3, 0.4) is 0 Å². The van der Waals surface area contributed by atoms with Gasteiger partial charge in [-0.3, -0.25) is 4.79 Å². The van der Waals surface area contributed by atoms with Crippen molar-refractivity contribution in [3.63, 3.8) is 0 Å². The lowest BCUT2D eigenvalue weighted by Gasteiger charge is -2.32. The Labute approximate surface area is 121 Å². The number of sulfonamides is 1. The van der Waals surface area contributed by atoms with Crippen LogP contribution in [0.5, 0.6) is 0 Å². The van der Waals surface area contributed by atoms with E-state index in [2.05, 4.69) is 0 Å². The molecule has 116 valence electrons. The number of carbonyl (C=O) groups excluding carboxylic acids is 1. The summed E-state index contributed by atoms with van der Waals surface area (Å²) in [6, 6.07) is -0.491. The Morgan fingerprint density at radius 1 is 1.25 bits per heavy atom. The van der Waals surface area contributed by atoms with E-state index in [1.54, 1.807) is 4.90 Å². The second kappa shape index (κ2) is 6.87. The van der Waals surface area contributed by atoms with E-state index in [9.17, 15) is 13.2 Å². The zero-order valence-corrected chi connectivity index (χ0v) is 12.9. The van der Waals surface area contributed by atoms with E-state index in [0.29, 0.717) is 45.7 Å². The Bertz CT molecular complexity index is 432. The van der Waals surface area contributed by atoms with E-state index in [1.807, 2.05) is 6.92 Å². The first-order valence-corrected chi connectivity index (χ1v) is 9.03. The fraction of sp³-hybridized carbons (Fsp3) is 0.923. The number of rotatable bonds is 5. The standard InChI is InChI=1S/C13H24N2O4S/c1-2-3-11-20(17,18)15-6-4-5-12(15)13(16)14-7-9-19-10-8-14/h12H,2-11H2,1H3/t12-/m0/s1. The third kappa shape index (κ3) is 3.51. The lowest BCUT2D eigenvalue weighted by molar-refractivity contribution is -0.138. The number of ether oxygens (including phenoxy) is 1. The van der Waals surface area contributed by atoms with Crippen molar-refractivity contribution in [2.75, 3.05) is 38.6 Å². The monoisotopic (exact) mass is 304 g/mol. The highest BCUT2D eigenvalue weighted by Crippen LogP contribution is 2.24. The maximum Gasteiger partial charge on any atom is 0.241 e. The predicted molar refractivity (Wildman–Crippen MR) is 75.8 cm³/mol. The molecule has 0 spiro atoms. The molecule has 0 aromatic heterocycles. The van der Waals surface area contributed by atoms with Crippen LogP contribution in [0.2, 0.25) is 0 Å². The molecule has 2 saturated heterocycles. The number of carbonyl (C=O) groups is 1. The molecule has 1 atom stereocenters. The Balaban J connectivity index is 2.04. The molecule has 0 aromatic carbocycles. The summed E-state index contributed by atoms with van der Waals surface area (Å²) in [5, 5.41) is 0. The van der Waals surface area contributed by atoms with E-state index in [4.69, 9.17) is 4.74 Å². The molecule has 7 heteroatoms. The first-order chi connectivity index (χ1) is 9.56. The average Bonchev–Trinajstić information content (AvgIpc) is 2.95. The van der Waals surface area contributed by atoms with E-state index in [0.717, 1.165) is 12.8 Å². The van der Waals surface area contributed by atoms with Crippen molar-refractivity contribution in [2.24, 2.45) is 0 Å². The Kier molecular flexibility index (Phi) is 5.40. The molecule has 6 nitrogen and oxygen atoms in total. The Morgan fingerprint density at radius 3 is 2.60 bits per heavy atom. The second-order valence-corrected chi connectivity index (χ2v) is 7.42. The summed E-state index contributed by atoms with van der Waals surface area (Å²) in [7, 11) is -3.30. The predicted octanol–water partition coefficient (Wildman–Crippen LogP) is 0.440. The zero-order chi connectivity index (χ0) is 14.6. The largest absolute Gasteiger partial charge is 0.378 e. The number of hydrogen-bond donors (Lipinski definition) is 0. The van der Waals surface area contributed by atoms with Crippen molar-refractivity contribution >= 4 is 15.9 Å². The second-order valence-electron chi connectivity index (χ2n) is 5.38. The van der Waals surface area contributed by atoms with Gasteiger partial charge in [-0.2, -0.15) is 4.31 Å². The molecule has 0 N–H and O–H groups in total. The van der Waals surface area contributed by atoms with Gasteiger partial charge in [-0.05, 0) is 19.3 Å². The van der Waals surface area contributed by atoms with Crippen LogP contribution in [-0.4, -0.2) is 68.2 Å². The summed E-state index contributed by atoms with van der Waals surface area (Å²) < 4.78 is 31.3. The van der Waals surface area contributed by atoms with Crippen molar-refractivity contribution in [3.05, 3.63) is 0 Å². The normalized spacial score (nSPS) is 25.1. The minimum atomic E-state index is -3.30. The van der Waals surface area contributed by atoms with E-state index in [-0.39, 0.29) is 11.7 Å². The lowest BCUT2D eigenvalue weighted by Crippen LogP contribution is -2.51. The molecule has 2 fully saturated rings. The molecular weight excluding hydrogens is 280 g/mol. The molecular formula is C13H24N2O4S. The fourth-order valence-electron chi connectivity index (χ4n) is 2.76. The number of hydrogen-bond acceptors (Lipinski definition) is 4. The number of morpholine rings is 1. The Morgan fingerprint density at radius 2 is 1.95 bits per heavy atom. The molecule has 2 heterocycles. The van der Waals surface area contributed by atoms with Crippen LogP contribution in [0.4, 0.5) is 0 Å². The highest BCUT2D eigenvalue weighted by atomic mass is 32.2. The van der Waals surface area contributed by atoms with Crippen LogP contribution >= 0.6 is 0 Å². The fourth-order valence-corrected chi connectivity index (χ4v) is 4.64. The average molecular weight is 304 g/mol. The first-order valence-electron chi connectivity index (χ1n) is 7.42. The summed E-state index contributed by atoms with van der Waals surface area (Å²) >= 11 is 0. The van der Waals surface area contributed by atoms with Gasteiger partial charge in [0.1, 0.15) is 6.04 Å². The Hall–Kier alpha value is -0.660. The summed E-state index contributed by atoms with van der Waals surface area (Å²) in [6.45, 7) is 4.67. The van der Waals surface area contributed by atoms with Crippen molar-refractivity contribution < 1.29 is 17.9 Å². The lowest BCUT2D eigenvalue weighted by atomic mass is 10.2. The third-order valence-corrected chi connectivity index (χ3v) is 5.88. The molecule has 0 bridgehead atoms. The topological polar surface area (TPSA) is 66.9 Å². The van der Waals surface area contributed by atoms with Gasteiger partial charge in [0.2, 0.25) is 15.9 Å². The van der Waals surface area contributed by atoms with Crippen LogP contribution in [0, 0.1) is 0 Å². The van der Waals surface area contributed by atoms with Gasteiger partial charge in [0, 0.05) is 19.6 Å². The maximum atomic E-state index is 12.5. The maximum absolute atomic E-state index is 12.5. The van der Waals surface area contributed by atoms with E-state index >= 15 is 0 Å². The van der Waals surface area contributed by atoms with Gasteiger partial charge in [0.25, 0.3) is 0 Å². The van der Waals surface area contributed by atoms with Crippen LogP contribution in [0.15, 0.2) is 0 Å². The molecule has 0 aromatic rings. The number of unbranched alkanes of at least 4 members (excludes halogenated alkanes) is 1. The van der Waals surface area contributed by atoms with E-state index in [1.165, 1.54) is 4.31 Å². The molecule has 0 aliphatic carbocycles. The van der Waals surface area contributed by atoms with Gasteiger partial charge < -0.3 is 9.64 Å². The third-order valence-electron chi connectivity index (χ3n) is 3.92. The SMILES string of the molecule is CCCCS(=O)(=O)N1CCC[C@H]1C(=O)N1CCOCC1. The highest BCUT2D eigenvalue weighted by Gasteiger charge is 2.40. The van der Waals surface area contributed by atoms with Gasteiger partial charge in [0.05, 0.1) is 19.0 Å². The van der Waals surface area contributed by atoms with Crippen LogP contribution in [0.1, 0.15) is 32.6 Å². The number of amides is 1. The molecule has 0 radical (unpaired) electrons. The highest BCUT2D eigenvalue weighted by molar-refractivity contribution is 7.89. The number of nitrogens with zero attached hydrogens (tertiary/aromatic N) is 2. The molecule has 1 amide bonds. The molecule has 2 aliphatic rings. The summed E-state index contributed by atoms with van der Waals surface area (Å²) in [5.74, 6) is 0.0991. The van der Waals surface area contributed by atoms with Gasteiger partial charge in [0.15, 0.2) is 0 Å². The van der Waals surface area contributed by atoms with Gasteiger partial charge in [-0.1, -0.05) is 13.3 Å². The summed E-state index contributed by atoms with van der Waals surface area (Å²) in [5.41, 5.74) is 0. The van der Waals surface area contributed by atoms with Gasteiger partial charge >= 0.3 is 0 Å². The van der Waals surface area contributed by atoms with Crippen molar-refractivity contribution in [1.82, 2.24) is 9.21 Å². The minimum Gasteiger partial charge on any atom is -0.378 e. The minimum absolute atomic E-state index is 0.0501. The van der Waals surface area contributed by atoms with Crippen LogP contribution in [0.25, 0.3) is 0 Å². The zero-order valence-electron chi connectivity index (χ0n) is 12.1. The van der Waals surface area contributed by atoms with Crippen LogP contribution in [-0.2, 0) is 19.6 Å².